The van der Waals surface area contributed by atoms with Crippen molar-refractivity contribution in [2.24, 2.45) is 5.73 Å². The number of hydrogen-bond donors (Lipinski definition) is 1. The topological polar surface area (TPSA) is 26.0 Å². The quantitative estimate of drug-likeness (QED) is 0.875. The van der Waals surface area contributed by atoms with Crippen molar-refractivity contribution in [2.45, 2.75) is 13.0 Å². The highest BCUT2D eigenvalue weighted by atomic mass is 35.5. The van der Waals surface area contributed by atoms with Gasteiger partial charge in [0.05, 0.1) is 6.04 Å². The summed E-state index contributed by atoms with van der Waals surface area (Å²) in [5.41, 5.74) is 7.81. The number of nitrogens with two attached hydrogens (primary N) is 1. The molecule has 2 rings (SSSR count). The van der Waals surface area contributed by atoms with Crippen molar-refractivity contribution in [3.8, 4) is 0 Å². The zero-order chi connectivity index (χ0) is 13.3. The number of rotatable bonds is 2. The molecule has 1 atom stereocenters. The summed E-state index contributed by atoms with van der Waals surface area (Å²) < 4.78 is 26.5. The molecule has 0 aromatic heterocycles. The predicted octanol–water partition coefficient (Wildman–Crippen LogP) is 3.97. The third kappa shape index (κ3) is 2.52. The highest BCUT2D eigenvalue weighted by Gasteiger charge is 2.16. The average Bonchev–Trinajstić information content (AvgIpc) is 2.28. The fraction of sp³-hybridized carbons (Fsp3) is 0.143. The van der Waals surface area contributed by atoms with Crippen LogP contribution in [0.4, 0.5) is 8.78 Å². The SMILES string of the molecule is Cc1ccc(C(N)c2ccc(F)cc2F)c(Cl)c1. The van der Waals surface area contributed by atoms with Crippen LogP contribution in [0.25, 0.3) is 0 Å². The van der Waals surface area contributed by atoms with Crippen LogP contribution in [0.5, 0.6) is 0 Å². The molecule has 0 saturated heterocycles. The fourth-order valence-electron chi connectivity index (χ4n) is 1.81. The summed E-state index contributed by atoms with van der Waals surface area (Å²) in [5, 5.41) is 0.478. The van der Waals surface area contributed by atoms with E-state index in [9.17, 15) is 8.78 Å². The van der Waals surface area contributed by atoms with E-state index in [1.165, 1.54) is 12.1 Å². The molecule has 2 aromatic rings. The van der Waals surface area contributed by atoms with Gasteiger partial charge < -0.3 is 5.73 Å². The fourth-order valence-corrected chi connectivity index (χ4v) is 2.16. The zero-order valence-corrected chi connectivity index (χ0v) is 10.5. The summed E-state index contributed by atoms with van der Waals surface area (Å²) in [6.45, 7) is 1.90. The van der Waals surface area contributed by atoms with E-state index in [4.69, 9.17) is 17.3 Å². The summed E-state index contributed by atoms with van der Waals surface area (Å²) >= 11 is 6.08. The number of aryl methyl sites for hydroxylation is 1. The van der Waals surface area contributed by atoms with Crippen LogP contribution in [-0.4, -0.2) is 0 Å². The van der Waals surface area contributed by atoms with Gasteiger partial charge in [-0.05, 0) is 30.2 Å². The van der Waals surface area contributed by atoms with Gasteiger partial charge in [0.25, 0.3) is 0 Å². The Balaban J connectivity index is 2.44. The Morgan fingerprint density at radius 3 is 2.33 bits per heavy atom. The largest absolute Gasteiger partial charge is 0.320 e. The molecule has 0 heterocycles. The predicted molar refractivity (Wildman–Crippen MR) is 68.6 cm³/mol. The van der Waals surface area contributed by atoms with E-state index in [1.54, 1.807) is 12.1 Å². The molecular weight excluding hydrogens is 256 g/mol. The highest BCUT2D eigenvalue weighted by molar-refractivity contribution is 6.31. The van der Waals surface area contributed by atoms with Gasteiger partial charge in [-0.1, -0.05) is 29.8 Å². The first-order valence-corrected chi connectivity index (χ1v) is 5.83. The molecule has 0 fully saturated rings. The van der Waals surface area contributed by atoms with Crippen LogP contribution in [0.15, 0.2) is 36.4 Å². The van der Waals surface area contributed by atoms with E-state index in [0.717, 1.165) is 11.6 Å². The van der Waals surface area contributed by atoms with Crippen LogP contribution in [0.3, 0.4) is 0 Å². The standard InChI is InChI=1S/C14H12ClF2N/c1-8-2-4-10(12(15)6-8)14(18)11-5-3-9(16)7-13(11)17/h2-7,14H,18H2,1H3. The summed E-state index contributed by atoms with van der Waals surface area (Å²) in [6, 6.07) is 7.99. The van der Waals surface area contributed by atoms with Crippen molar-refractivity contribution in [3.05, 3.63) is 69.7 Å². The summed E-state index contributed by atoms with van der Waals surface area (Å²) in [5.74, 6) is -1.29. The van der Waals surface area contributed by atoms with Crippen molar-refractivity contribution in [3.63, 3.8) is 0 Å². The Morgan fingerprint density at radius 1 is 1.06 bits per heavy atom. The second-order valence-corrected chi connectivity index (χ2v) is 4.58. The molecule has 0 radical (unpaired) electrons. The maximum Gasteiger partial charge on any atom is 0.131 e. The summed E-state index contributed by atoms with van der Waals surface area (Å²) in [4.78, 5) is 0. The van der Waals surface area contributed by atoms with Gasteiger partial charge in [0, 0.05) is 16.7 Å². The molecule has 0 bridgehead atoms. The second kappa shape index (κ2) is 5.04. The van der Waals surface area contributed by atoms with Crippen molar-refractivity contribution in [2.75, 3.05) is 0 Å². The van der Waals surface area contributed by atoms with Crippen molar-refractivity contribution in [1.29, 1.82) is 0 Å². The molecular formula is C14H12ClF2N. The maximum absolute atomic E-state index is 13.6. The van der Waals surface area contributed by atoms with Gasteiger partial charge in [-0.25, -0.2) is 8.78 Å². The van der Waals surface area contributed by atoms with Gasteiger partial charge in [-0.15, -0.1) is 0 Å². The lowest BCUT2D eigenvalue weighted by Crippen LogP contribution is -2.14. The maximum atomic E-state index is 13.6. The van der Waals surface area contributed by atoms with E-state index >= 15 is 0 Å². The monoisotopic (exact) mass is 267 g/mol. The molecule has 0 aliphatic carbocycles. The van der Waals surface area contributed by atoms with Crippen LogP contribution in [-0.2, 0) is 0 Å². The van der Waals surface area contributed by atoms with E-state index in [0.29, 0.717) is 10.6 Å². The Morgan fingerprint density at radius 2 is 1.72 bits per heavy atom. The lowest BCUT2D eigenvalue weighted by Gasteiger charge is -2.15. The second-order valence-electron chi connectivity index (χ2n) is 4.17. The normalized spacial score (nSPS) is 12.5. The lowest BCUT2D eigenvalue weighted by molar-refractivity contribution is 0.566. The number of hydrogen-bond acceptors (Lipinski definition) is 1. The van der Waals surface area contributed by atoms with Crippen molar-refractivity contribution in [1.82, 2.24) is 0 Å². The van der Waals surface area contributed by atoms with Gasteiger partial charge in [-0.3, -0.25) is 0 Å². The molecule has 0 spiro atoms. The lowest BCUT2D eigenvalue weighted by atomic mass is 9.98. The van der Waals surface area contributed by atoms with Crippen LogP contribution < -0.4 is 5.73 Å². The van der Waals surface area contributed by atoms with Crippen LogP contribution in [0, 0.1) is 18.6 Å². The molecule has 4 heteroatoms. The Labute approximate surface area is 109 Å². The number of halogens is 3. The van der Waals surface area contributed by atoms with Crippen molar-refractivity contribution >= 4 is 11.6 Å². The average molecular weight is 268 g/mol. The molecule has 1 nitrogen and oxygen atoms in total. The minimum absolute atomic E-state index is 0.224. The van der Waals surface area contributed by atoms with Gasteiger partial charge in [0.1, 0.15) is 11.6 Å². The van der Waals surface area contributed by atoms with E-state index < -0.39 is 17.7 Å². The third-order valence-corrected chi connectivity index (χ3v) is 3.12. The first kappa shape index (κ1) is 13.0. The highest BCUT2D eigenvalue weighted by Crippen LogP contribution is 2.28. The van der Waals surface area contributed by atoms with Gasteiger partial charge >= 0.3 is 0 Å². The molecule has 1 unspecified atom stereocenters. The Hall–Kier alpha value is -1.45. The summed E-state index contributed by atoms with van der Waals surface area (Å²) in [6.07, 6.45) is 0. The molecule has 0 aliphatic rings. The minimum atomic E-state index is -0.710. The van der Waals surface area contributed by atoms with Gasteiger partial charge in [0.15, 0.2) is 0 Å². The Kier molecular flexibility index (Phi) is 3.64. The first-order chi connectivity index (χ1) is 8.49. The zero-order valence-electron chi connectivity index (χ0n) is 9.75. The molecule has 18 heavy (non-hydrogen) atoms. The first-order valence-electron chi connectivity index (χ1n) is 5.45. The molecule has 94 valence electrons. The number of benzene rings is 2. The van der Waals surface area contributed by atoms with E-state index in [2.05, 4.69) is 0 Å². The summed E-state index contributed by atoms with van der Waals surface area (Å²) in [7, 11) is 0. The molecule has 0 aliphatic heterocycles. The smallest absolute Gasteiger partial charge is 0.131 e. The minimum Gasteiger partial charge on any atom is -0.320 e. The van der Waals surface area contributed by atoms with Crippen LogP contribution >= 0.6 is 11.6 Å². The van der Waals surface area contributed by atoms with Gasteiger partial charge in [-0.2, -0.15) is 0 Å². The molecule has 0 saturated carbocycles. The molecule has 2 aromatic carbocycles. The molecule has 0 amide bonds. The van der Waals surface area contributed by atoms with Crippen molar-refractivity contribution < 1.29 is 8.78 Å². The third-order valence-electron chi connectivity index (χ3n) is 2.79. The van der Waals surface area contributed by atoms with E-state index in [1.807, 2.05) is 13.0 Å². The molecule has 2 N–H and O–H groups in total. The van der Waals surface area contributed by atoms with Crippen LogP contribution in [0.1, 0.15) is 22.7 Å². The Bertz CT molecular complexity index is 533. The van der Waals surface area contributed by atoms with Crippen LogP contribution in [0.2, 0.25) is 5.02 Å². The van der Waals surface area contributed by atoms with Gasteiger partial charge in [0.2, 0.25) is 0 Å². The van der Waals surface area contributed by atoms with E-state index in [-0.39, 0.29) is 5.56 Å².